The first-order valence-electron chi connectivity index (χ1n) is 10.4. The first-order valence-corrected chi connectivity index (χ1v) is 10.4. The van der Waals surface area contributed by atoms with Crippen molar-refractivity contribution >= 4 is 11.0 Å². The molecule has 7 N–H and O–H groups in total. The summed E-state index contributed by atoms with van der Waals surface area (Å²) in [6.07, 6.45) is -7.35. The van der Waals surface area contributed by atoms with E-state index in [0.29, 0.717) is 0 Å². The van der Waals surface area contributed by atoms with Gasteiger partial charge in [-0.05, 0) is 19.1 Å². The molecule has 0 amide bonds. The van der Waals surface area contributed by atoms with E-state index in [9.17, 15) is 40.5 Å². The van der Waals surface area contributed by atoms with E-state index in [0.717, 1.165) is 6.07 Å². The summed E-state index contributed by atoms with van der Waals surface area (Å²) in [4.78, 5) is 13.1. The number of rotatable bonds is 4. The van der Waals surface area contributed by atoms with Gasteiger partial charge in [-0.25, -0.2) is 0 Å². The van der Waals surface area contributed by atoms with Crippen LogP contribution in [0.25, 0.3) is 22.3 Å². The molecule has 1 aliphatic rings. The van der Waals surface area contributed by atoms with E-state index in [4.69, 9.17) is 18.6 Å². The molecule has 1 aromatic heterocycles. The number of aromatic hydroxyl groups is 4. The summed E-state index contributed by atoms with van der Waals surface area (Å²) in [5.74, 6) is -3.18. The highest BCUT2D eigenvalue weighted by Crippen LogP contribution is 2.47. The van der Waals surface area contributed by atoms with Gasteiger partial charge in [0.2, 0.25) is 16.9 Å². The van der Waals surface area contributed by atoms with Gasteiger partial charge in [0.15, 0.2) is 17.3 Å². The molecule has 0 spiro atoms. The van der Waals surface area contributed by atoms with Crippen LogP contribution in [0.4, 0.5) is 0 Å². The number of hydrogen-bond donors (Lipinski definition) is 7. The molecule has 2 heterocycles. The van der Waals surface area contributed by atoms with E-state index in [1.165, 1.54) is 33.3 Å². The fraction of sp³-hybridized carbons (Fsp3) is 0.348. The number of phenolic OH excluding ortho intramolecular Hbond substituents is 3. The molecule has 4 rings (SSSR count). The lowest BCUT2D eigenvalue weighted by Crippen LogP contribution is -2.53. The van der Waals surface area contributed by atoms with Crippen molar-refractivity contribution in [3.05, 3.63) is 34.0 Å². The average molecular weight is 492 g/mol. The van der Waals surface area contributed by atoms with Crippen LogP contribution < -0.4 is 14.9 Å². The van der Waals surface area contributed by atoms with Crippen LogP contribution in [-0.4, -0.2) is 74.4 Å². The van der Waals surface area contributed by atoms with Crippen LogP contribution in [0, 0.1) is 0 Å². The van der Waals surface area contributed by atoms with Crippen molar-refractivity contribution in [3.63, 3.8) is 0 Å². The maximum absolute atomic E-state index is 13.1. The first-order chi connectivity index (χ1) is 16.5. The Morgan fingerprint density at radius 2 is 1.43 bits per heavy atom. The third kappa shape index (κ3) is 3.76. The molecule has 0 saturated carbocycles. The zero-order valence-electron chi connectivity index (χ0n) is 18.8. The second kappa shape index (κ2) is 8.82. The van der Waals surface area contributed by atoms with Gasteiger partial charge >= 0.3 is 0 Å². The largest absolute Gasteiger partial charge is 0.507 e. The number of aliphatic hydroxyl groups is 3. The quantitative estimate of drug-likeness (QED) is 0.271. The number of hydrogen-bond acceptors (Lipinski definition) is 12. The van der Waals surface area contributed by atoms with Crippen LogP contribution in [0.15, 0.2) is 27.4 Å². The molecule has 188 valence electrons. The minimum Gasteiger partial charge on any atom is -0.507 e. The van der Waals surface area contributed by atoms with E-state index in [-0.39, 0.29) is 34.2 Å². The van der Waals surface area contributed by atoms with Crippen molar-refractivity contribution in [2.24, 2.45) is 0 Å². The van der Waals surface area contributed by atoms with Crippen LogP contribution in [0.1, 0.15) is 18.6 Å². The van der Waals surface area contributed by atoms with Crippen molar-refractivity contribution in [3.8, 4) is 45.8 Å². The van der Waals surface area contributed by atoms with Crippen LogP contribution in [-0.2, 0) is 4.74 Å². The number of benzene rings is 2. The summed E-state index contributed by atoms with van der Waals surface area (Å²) >= 11 is 0. The summed E-state index contributed by atoms with van der Waals surface area (Å²) < 4.78 is 21.3. The normalized spacial score (nSPS) is 24.5. The van der Waals surface area contributed by atoms with Gasteiger partial charge in [-0.1, -0.05) is 0 Å². The number of fused-ring (bicyclic) bond motifs is 1. The molecule has 3 aromatic rings. The van der Waals surface area contributed by atoms with Gasteiger partial charge < -0.3 is 54.4 Å². The molecule has 12 heteroatoms. The van der Waals surface area contributed by atoms with E-state index in [2.05, 4.69) is 0 Å². The van der Waals surface area contributed by atoms with E-state index < -0.39 is 64.1 Å². The molecule has 0 aliphatic carbocycles. The fourth-order valence-corrected chi connectivity index (χ4v) is 4.12. The van der Waals surface area contributed by atoms with Crippen molar-refractivity contribution < 1.29 is 54.4 Å². The van der Waals surface area contributed by atoms with Gasteiger partial charge in [0.05, 0.1) is 25.9 Å². The summed E-state index contributed by atoms with van der Waals surface area (Å²) in [6.45, 7) is 1.41. The molecule has 1 unspecified atom stereocenters. The molecule has 0 radical (unpaired) electrons. The Kier molecular flexibility index (Phi) is 6.15. The smallest absolute Gasteiger partial charge is 0.238 e. The number of aliphatic hydroxyl groups excluding tert-OH is 3. The fourth-order valence-electron chi connectivity index (χ4n) is 4.12. The zero-order chi connectivity index (χ0) is 25.8. The molecule has 1 fully saturated rings. The van der Waals surface area contributed by atoms with Gasteiger partial charge in [-0.2, -0.15) is 0 Å². The van der Waals surface area contributed by atoms with Crippen LogP contribution >= 0.6 is 0 Å². The highest BCUT2D eigenvalue weighted by Gasteiger charge is 2.44. The second-order valence-electron chi connectivity index (χ2n) is 8.10. The molecule has 0 bridgehead atoms. The Hall–Kier alpha value is -3.71. The van der Waals surface area contributed by atoms with Gasteiger partial charge in [0.25, 0.3) is 0 Å². The maximum Gasteiger partial charge on any atom is 0.238 e. The monoisotopic (exact) mass is 492 g/mol. The Labute approximate surface area is 197 Å². The third-order valence-electron chi connectivity index (χ3n) is 6.03. The maximum atomic E-state index is 13.1. The number of methoxy groups -OCH3 is 2. The highest BCUT2D eigenvalue weighted by molar-refractivity contribution is 5.90. The van der Waals surface area contributed by atoms with Crippen LogP contribution in [0.5, 0.6) is 34.5 Å². The summed E-state index contributed by atoms with van der Waals surface area (Å²) in [6, 6.07) is 3.52. The molecular formula is C23H24O12. The SMILES string of the molecule is COc1cc(-c2oc3cc(O)c(C4O[C@@H](C)[C@H](O)[C@@H](O)[C@H]4O)c(O)c3c(=O)c2O)cc(OC)c1O. The Morgan fingerprint density at radius 3 is 2.00 bits per heavy atom. The Balaban J connectivity index is 1.93. The van der Waals surface area contributed by atoms with E-state index >= 15 is 0 Å². The highest BCUT2D eigenvalue weighted by atomic mass is 16.5. The molecular weight excluding hydrogens is 468 g/mol. The minimum atomic E-state index is -1.76. The average Bonchev–Trinajstić information content (AvgIpc) is 2.83. The lowest BCUT2D eigenvalue weighted by atomic mass is 9.90. The summed E-state index contributed by atoms with van der Waals surface area (Å²) in [7, 11) is 2.57. The molecule has 1 aliphatic heterocycles. The molecule has 1 saturated heterocycles. The summed E-state index contributed by atoms with van der Waals surface area (Å²) in [5.41, 5.74) is -1.76. The lowest BCUT2D eigenvalue weighted by Gasteiger charge is -2.39. The molecule has 2 aromatic carbocycles. The van der Waals surface area contributed by atoms with Crippen molar-refractivity contribution in [2.75, 3.05) is 14.2 Å². The van der Waals surface area contributed by atoms with E-state index in [1.54, 1.807) is 0 Å². The van der Waals surface area contributed by atoms with Crippen LogP contribution in [0.2, 0.25) is 0 Å². The Bertz CT molecular complexity index is 1320. The third-order valence-corrected chi connectivity index (χ3v) is 6.03. The van der Waals surface area contributed by atoms with Crippen molar-refractivity contribution in [1.82, 2.24) is 0 Å². The van der Waals surface area contributed by atoms with Gasteiger partial charge in [0.1, 0.15) is 46.9 Å². The Morgan fingerprint density at radius 1 is 0.829 bits per heavy atom. The predicted molar refractivity (Wildman–Crippen MR) is 119 cm³/mol. The lowest BCUT2D eigenvalue weighted by molar-refractivity contribution is -0.220. The summed E-state index contributed by atoms with van der Waals surface area (Å²) in [5, 5.41) is 72.1. The first kappa shape index (κ1) is 24.4. The van der Waals surface area contributed by atoms with Gasteiger partial charge in [-0.15, -0.1) is 0 Å². The second-order valence-corrected chi connectivity index (χ2v) is 8.10. The predicted octanol–water partition coefficient (Wildman–Crippen LogP) is 0.842. The topological polar surface area (TPSA) is 200 Å². The van der Waals surface area contributed by atoms with E-state index in [1.807, 2.05) is 0 Å². The number of phenols is 3. The van der Waals surface area contributed by atoms with Gasteiger partial charge in [-0.3, -0.25) is 4.79 Å². The standard InChI is InChI=1S/C23H24O12/c1-7-15(25)19(29)21(31)23(34-7)13-9(24)6-10-14(17(13)27)18(28)20(30)22(35-10)8-4-11(32-2)16(26)12(5-8)33-3/h4-7,15,19,21,23-27,29-31H,1-3H3/t7-,15-,19+,21+,23?/m0/s1. The van der Waals surface area contributed by atoms with Crippen molar-refractivity contribution in [1.29, 1.82) is 0 Å². The van der Waals surface area contributed by atoms with Crippen LogP contribution in [0.3, 0.4) is 0 Å². The van der Waals surface area contributed by atoms with Gasteiger partial charge in [0, 0.05) is 11.6 Å². The molecule has 35 heavy (non-hydrogen) atoms. The number of ether oxygens (including phenoxy) is 3. The van der Waals surface area contributed by atoms with Crippen molar-refractivity contribution in [2.45, 2.75) is 37.4 Å². The molecule has 5 atom stereocenters. The molecule has 12 nitrogen and oxygen atoms in total. The minimum absolute atomic E-state index is 0.0409. The zero-order valence-corrected chi connectivity index (χ0v) is 18.8.